The molecule has 0 unspecified atom stereocenters. The summed E-state index contributed by atoms with van der Waals surface area (Å²) in [4.78, 5) is 23.1. The second kappa shape index (κ2) is 6.22. The average Bonchev–Trinajstić information content (AvgIpc) is 1.96. The lowest BCUT2D eigenvalue weighted by atomic mass is 10.3. The van der Waals surface area contributed by atoms with Crippen molar-refractivity contribution in [3.8, 4) is 0 Å². The van der Waals surface area contributed by atoms with E-state index >= 15 is 0 Å². The molecule has 4 nitrogen and oxygen atoms in total. The predicted molar refractivity (Wildman–Crippen MR) is 49.1 cm³/mol. The van der Waals surface area contributed by atoms with Crippen molar-refractivity contribution >= 4 is 11.8 Å². The van der Waals surface area contributed by atoms with Crippen LogP contribution in [0.3, 0.4) is 0 Å². The number of hydrogen-bond donors (Lipinski definition) is 0. The number of ether oxygens (including phenoxy) is 1. The van der Waals surface area contributed by atoms with Crippen LogP contribution >= 0.6 is 0 Å². The fourth-order valence-corrected chi connectivity index (χ4v) is 0.649. The molecule has 74 valence electrons. The van der Waals surface area contributed by atoms with Gasteiger partial charge in [0.2, 0.25) is 0 Å². The highest BCUT2D eigenvalue weighted by atomic mass is 16.5. The van der Waals surface area contributed by atoms with Gasteiger partial charge in [-0.25, -0.2) is 0 Å². The molecule has 0 aliphatic rings. The lowest BCUT2D eigenvalue weighted by molar-refractivity contribution is -0.144. The summed E-state index contributed by atoms with van der Waals surface area (Å²) in [6.45, 7) is 1.57. The van der Waals surface area contributed by atoms with Gasteiger partial charge in [0, 0.05) is 14.1 Å². The molecule has 0 aromatic rings. The van der Waals surface area contributed by atoms with Crippen LogP contribution in [0.1, 0.15) is 13.3 Å². The number of nitrogens with zero attached hydrogens (tertiary/aromatic N) is 1. The van der Waals surface area contributed by atoms with Gasteiger partial charge in [0.15, 0.2) is 0 Å². The Morgan fingerprint density at radius 3 is 2.46 bits per heavy atom. The zero-order valence-corrected chi connectivity index (χ0v) is 8.24. The van der Waals surface area contributed by atoms with Gasteiger partial charge in [0.25, 0.3) is 0 Å². The molecule has 0 fully saturated rings. The van der Waals surface area contributed by atoms with Crippen molar-refractivity contribution < 1.29 is 14.3 Å². The van der Waals surface area contributed by atoms with E-state index < -0.39 is 5.97 Å². The molecular formula is C9H15NO3. The molecule has 0 N–H and O–H groups in total. The molecule has 0 bridgehead atoms. The monoisotopic (exact) mass is 185 g/mol. The summed E-state index contributed by atoms with van der Waals surface area (Å²) in [6, 6.07) is 0. The minimum atomic E-state index is -0.476. The van der Waals surface area contributed by atoms with Gasteiger partial charge in [-0.2, -0.15) is 0 Å². The maximum Gasteiger partial charge on any atom is 0.313 e. The van der Waals surface area contributed by atoms with Gasteiger partial charge in [-0.05, 0) is 19.2 Å². The van der Waals surface area contributed by atoms with Crippen LogP contribution in [-0.2, 0) is 14.3 Å². The molecular weight excluding hydrogens is 170 g/mol. The molecule has 0 saturated carbocycles. The van der Waals surface area contributed by atoms with Crippen LogP contribution in [0.4, 0.5) is 0 Å². The Morgan fingerprint density at radius 2 is 2.00 bits per heavy atom. The second-order valence-electron chi connectivity index (χ2n) is 2.91. The third kappa shape index (κ3) is 8.59. The first kappa shape index (κ1) is 11.7. The van der Waals surface area contributed by atoms with Crippen molar-refractivity contribution in [2.75, 3.05) is 20.7 Å². The molecule has 0 aliphatic carbocycles. The Bertz CT molecular complexity index is 209. The quantitative estimate of drug-likeness (QED) is 0.464. The van der Waals surface area contributed by atoms with Crippen molar-refractivity contribution in [3.63, 3.8) is 0 Å². The van der Waals surface area contributed by atoms with E-state index in [0.717, 1.165) is 0 Å². The molecule has 0 saturated heterocycles. The van der Waals surface area contributed by atoms with Gasteiger partial charge < -0.3 is 9.64 Å². The summed E-state index contributed by atoms with van der Waals surface area (Å²) in [5.74, 6) is -0.655. The number of esters is 1. The first-order valence-corrected chi connectivity index (χ1v) is 4.00. The fraction of sp³-hybridized carbons (Fsp3) is 0.556. The van der Waals surface area contributed by atoms with E-state index in [1.165, 1.54) is 6.92 Å². The van der Waals surface area contributed by atoms with E-state index in [1.54, 1.807) is 12.3 Å². The summed E-state index contributed by atoms with van der Waals surface area (Å²) in [5, 5.41) is 0. The number of hydrogen-bond acceptors (Lipinski definition) is 4. The number of carbonyl (C=O) groups excluding carboxylic acids is 2. The van der Waals surface area contributed by atoms with Crippen LogP contribution in [-0.4, -0.2) is 37.4 Å². The summed E-state index contributed by atoms with van der Waals surface area (Å²) in [5.41, 5.74) is 0. The van der Waals surface area contributed by atoms with Crippen LogP contribution in [0.5, 0.6) is 0 Å². The van der Waals surface area contributed by atoms with E-state index in [1.807, 2.05) is 19.0 Å². The molecule has 0 spiro atoms. The van der Waals surface area contributed by atoms with Gasteiger partial charge in [-0.1, -0.05) is 0 Å². The highest BCUT2D eigenvalue weighted by Gasteiger charge is 2.04. The molecule has 0 aliphatic heterocycles. The van der Waals surface area contributed by atoms with Gasteiger partial charge in [-0.3, -0.25) is 9.59 Å². The second-order valence-corrected chi connectivity index (χ2v) is 2.91. The smallest absolute Gasteiger partial charge is 0.313 e. The minimum absolute atomic E-state index is 0.143. The highest BCUT2D eigenvalue weighted by Crippen LogP contribution is 1.88. The molecule has 0 heterocycles. The van der Waals surface area contributed by atoms with Crippen molar-refractivity contribution in [2.24, 2.45) is 0 Å². The van der Waals surface area contributed by atoms with Crippen LogP contribution < -0.4 is 0 Å². The molecule has 0 aromatic heterocycles. The summed E-state index contributed by atoms with van der Waals surface area (Å²) in [6.07, 6.45) is 3.34. The van der Waals surface area contributed by atoms with E-state index in [-0.39, 0.29) is 18.8 Å². The van der Waals surface area contributed by atoms with Crippen LogP contribution in [0, 0.1) is 0 Å². The number of carbonyl (C=O) groups is 2. The molecule has 0 radical (unpaired) electrons. The summed E-state index contributed by atoms with van der Waals surface area (Å²) < 4.78 is 4.73. The SMILES string of the molecule is CC(=O)CC(=O)OC/C=C\N(C)C. The Balaban J connectivity index is 3.53. The normalized spacial score (nSPS) is 10.1. The van der Waals surface area contributed by atoms with E-state index in [2.05, 4.69) is 0 Å². The Kier molecular flexibility index (Phi) is 5.59. The zero-order valence-electron chi connectivity index (χ0n) is 8.24. The van der Waals surface area contributed by atoms with Crippen LogP contribution in [0.2, 0.25) is 0 Å². The molecule has 0 rings (SSSR count). The Morgan fingerprint density at radius 1 is 1.38 bits per heavy atom. The van der Waals surface area contributed by atoms with Crippen LogP contribution in [0.25, 0.3) is 0 Å². The molecule has 0 atom stereocenters. The van der Waals surface area contributed by atoms with E-state index in [4.69, 9.17) is 4.74 Å². The molecule has 0 amide bonds. The third-order valence-electron chi connectivity index (χ3n) is 1.14. The van der Waals surface area contributed by atoms with Crippen molar-refractivity contribution in [1.29, 1.82) is 0 Å². The number of ketones is 1. The Hall–Kier alpha value is -1.32. The molecule has 0 aromatic carbocycles. The van der Waals surface area contributed by atoms with E-state index in [9.17, 15) is 9.59 Å². The van der Waals surface area contributed by atoms with Gasteiger partial charge in [0.1, 0.15) is 18.8 Å². The fourth-order valence-electron chi connectivity index (χ4n) is 0.649. The summed E-state index contributed by atoms with van der Waals surface area (Å²) in [7, 11) is 3.74. The van der Waals surface area contributed by atoms with Gasteiger partial charge >= 0.3 is 5.97 Å². The topological polar surface area (TPSA) is 46.6 Å². The van der Waals surface area contributed by atoms with Crippen molar-refractivity contribution in [3.05, 3.63) is 12.3 Å². The maximum absolute atomic E-state index is 10.8. The molecule has 4 heteroatoms. The first-order valence-electron chi connectivity index (χ1n) is 4.00. The minimum Gasteiger partial charge on any atom is -0.461 e. The van der Waals surface area contributed by atoms with Gasteiger partial charge in [0.05, 0.1) is 0 Å². The largest absolute Gasteiger partial charge is 0.461 e. The number of rotatable bonds is 5. The average molecular weight is 185 g/mol. The standard InChI is InChI=1S/C9H15NO3/c1-8(11)7-9(12)13-6-4-5-10(2)3/h4-5H,6-7H2,1-3H3/b5-4-. The lowest BCUT2D eigenvalue weighted by Gasteiger charge is -2.03. The number of Topliss-reactive ketones (excluding diaryl/α,β-unsaturated/α-hetero) is 1. The van der Waals surface area contributed by atoms with Gasteiger partial charge in [-0.15, -0.1) is 0 Å². The van der Waals surface area contributed by atoms with E-state index in [0.29, 0.717) is 0 Å². The molecule has 13 heavy (non-hydrogen) atoms. The van der Waals surface area contributed by atoms with Crippen LogP contribution in [0.15, 0.2) is 12.3 Å². The van der Waals surface area contributed by atoms with Crippen molar-refractivity contribution in [1.82, 2.24) is 4.90 Å². The summed E-state index contributed by atoms with van der Waals surface area (Å²) >= 11 is 0. The maximum atomic E-state index is 10.8. The Labute approximate surface area is 78.2 Å². The predicted octanol–water partition coefficient (Wildman–Crippen LogP) is 0.584. The third-order valence-corrected chi connectivity index (χ3v) is 1.14. The zero-order chi connectivity index (χ0) is 10.3. The first-order chi connectivity index (χ1) is 6.02. The van der Waals surface area contributed by atoms with Crippen molar-refractivity contribution in [2.45, 2.75) is 13.3 Å². The highest BCUT2D eigenvalue weighted by molar-refractivity contribution is 5.94. The lowest BCUT2D eigenvalue weighted by Crippen LogP contribution is -2.09.